The van der Waals surface area contributed by atoms with E-state index in [2.05, 4.69) is 69.4 Å². The Hall–Kier alpha value is -2.63. The maximum atomic E-state index is 12.9. The average Bonchev–Trinajstić information content (AvgIpc) is 3.33. The summed E-state index contributed by atoms with van der Waals surface area (Å²) in [7, 11) is 0. The molecule has 0 amide bonds. The fourth-order valence-electron chi connectivity index (χ4n) is 8.39. The molecule has 0 spiro atoms. The van der Waals surface area contributed by atoms with E-state index in [0.717, 1.165) is 83.5 Å². The quantitative estimate of drug-likeness (QED) is 0.0262. The number of rotatable bonds is 53. The molecule has 0 unspecified atom stereocenters. The Balaban J connectivity index is 4.33. The maximum absolute atomic E-state index is 12.9. The summed E-state index contributed by atoms with van der Waals surface area (Å²) in [4.78, 5) is 38.1. The van der Waals surface area contributed by atoms with Gasteiger partial charge in [-0.15, -0.1) is 0 Å². The van der Waals surface area contributed by atoms with Crippen molar-refractivity contribution in [2.24, 2.45) is 0 Å². The van der Waals surface area contributed by atoms with Crippen molar-refractivity contribution < 1.29 is 28.6 Å². The first kappa shape index (κ1) is 64.4. The molecular weight excluding hydrogens is 829 g/mol. The minimum Gasteiger partial charge on any atom is -0.462 e. The second-order valence-corrected chi connectivity index (χ2v) is 19.6. The molecule has 0 bridgehead atoms. The van der Waals surface area contributed by atoms with Crippen LogP contribution in [0.4, 0.5) is 0 Å². The highest BCUT2D eigenvalue weighted by Gasteiger charge is 2.19. The van der Waals surface area contributed by atoms with Crippen LogP contribution in [0.15, 0.2) is 48.6 Å². The topological polar surface area (TPSA) is 78.9 Å². The molecule has 0 saturated carbocycles. The van der Waals surface area contributed by atoms with Crippen LogP contribution >= 0.6 is 0 Å². The molecule has 0 fully saturated rings. The Morgan fingerprint density at radius 1 is 0.299 bits per heavy atom. The molecule has 1 atom stereocenters. The molecule has 6 nitrogen and oxygen atoms in total. The zero-order valence-corrected chi connectivity index (χ0v) is 44.7. The van der Waals surface area contributed by atoms with Gasteiger partial charge < -0.3 is 14.2 Å². The van der Waals surface area contributed by atoms with Gasteiger partial charge in [0.25, 0.3) is 0 Å². The lowest BCUT2D eigenvalue weighted by Crippen LogP contribution is -2.30. The number of carbonyl (C=O) groups is 3. The summed E-state index contributed by atoms with van der Waals surface area (Å²) < 4.78 is 16.8. The van der Waals surface area contributed by atoms with E-state index < -0.39 is 6.10 Å². The summed E-state index contributed by atoms with van der Waals surface area (Å²) >= 11 is 0. The Kier molecular flexibility index (Phi) is 53.8. The first-order valence-corrected chi connectivity index (χ1v) is 29.1. The highest BCUT2D eigenvalue weighted by Crippen LogP contribution is 2.16. The third-order valence-electron chi connectivity index (χ3n) is 12.8. The van der Waals surface area contributed by atoms with Gasteiger partial charge in [0.2, 0.25) is 0 Å². The fraction of sp³-hybridized carbons (Fsp3) is 0.820. The fourth-order valence-corrected chi connectivity index (χ4v) is 8.39. The molecule has 0 aliphatic heterocycles. The maximum Gasteiger partial charge on any atom is 0.306 e. The Bertz CT molecular complexity index is 1170. The number of carbonyl (C=O) groups excluding carboxylic acids is 3. The molecule has 0 saturated heterocycles. The van der Waals surface area contributed by atoms with Gasteiger partial charge in [0.1, 0.15) is 13.2 Å². The van der Waals surface area contributed by atoms with Crippen LogP contribution in [0, 0.1) is 0 Å². The van der Waals surface area contributed by atoms with Gasteiger partial charge in [-0.3, -0.25) is 14.4 Å². The summed E-state index contributed by atoms with van der Waals surface area (Å²) in [5, 5.41) is 0. The van der Waals surface area contributed by atoms with E-state index >= 15 is 0 Å². The van der Waals surface area contributed by atoms with Crippen molar-refractivity contribution in [3.8, 4) is 0 Å². The van der Waals surface area contributed by atoms with E-state index in [-0.39, 0.29) is 31.1 Å². The second-order valence-electron chi connectivity index (χ2n) is 19.6. The van der Waals surface area contributed by atoms with Crippen molar-refractivity contribution in [3.63, 3.8) is 0 Å². The lowest BCUT2D eigenvalue weighted by atomic mass is 10.0. The third kappa shape index (κ3) is 54.2. The number of ether oxygens (including phenoxy) is 3. The molecule has 67 heavy (non-hydrogen) atoms. The summed E-state index contributed by atoms with van der Waals surface area (Å²) in [5.41, 5.74) is 0. The molecular formula is C61H110O6. The van der Waals surface area contributed by atoms with Gasteiger partial charge in [0.05, 0.1) is 0 Å². The third-order valence-corrected chi connectivity index (χ3v) is 12.8. The van der Waals surface area contributed by atoms with Crippen LogP contribution < -0.4 is 0 Å². The predicted molar refractivity (Wildman–Crippen MR) is 289 cm³/mol. The standard InChI is InChI=1S/C61H110O6/c1-4-7-10-13-16-19-22-24-26-28-29-30-31-33-35-37-40-43-46-49-52-55-61(64)67-58(56-65-59(62)53-50-47-44-41-38-21-18-15-12-9-6-3)57-66-60(63)54-51-48-45-42-39-36-34-32-27-25-23-20-17-14-11-8-5-2/h17,20,24-27,34,36,58H,4-16,18-19,21-23,28-33,35,37-57H2,1-3H3/b20-17-,26-24-,27-25-,36-34-/t58-/m0/s1. The van der Waals surface area contributed by atoms with Gasteiger partial charge in [-0.1, -0.05) is 249 Å². The second kappa shape index (κ2) is 56.0. The first-order chi connectivity index (χ1) is 33.0. The predicted octanol–water partition coefficient (Wildman–Crippen LogP) is 19.4. The van der Waals surface area contributed by atoms with Gasteiger partial charge >= 0.3 is 17.9 Å². The molecule has 0 radical (unpaired) electrons. The van der Waals surface area contributed by atoms with Crippen molar-refractivity contribution in [1.29, 1.82) is 0 Å². The summed E-state index contributed by atoms with van der Waals surface area (Å²) in [6.07, 6.45) is 68.2. The zero-order chi connectivity index (χ0) is 48.6. The molecule has 0 aromatic heterocycles. The highest BCUT2D eigenvalue weighted by molar-refractivity contribution is 5.71. The van der Waals surface area contributed by atoms with Crippen molar-refractivity contribution in [2.75, 3.05) is 13.2 Å². The smallest absolute Gasteiger partial charge is 0.306 e. The van der Waals surface area contributed by atoms with E-state index in [1.165, 1.54) is 180 Å². The molecule has 0 aromatic carbocycles. The molecule has 0 rings (SSSR count). The van der Waals surface area contributed by atoms with E-state index in [1.807, 2.05) is 0 Å². The number of esters is 3. The lowest BCUT2D eigenvalue weighted by Gasteiger charge is -2.18. The molecule has 6 heteroatoms. The minimum absolute atomic E-state index is 0.0777. The molecule has 390 valence electrons. The molecule has 0 aromatic rings. The number of allylic oxidation sites excluding steroid dienone is 8. The Morgan fingerprint density at radius 3 is 0.881 bits per heavy atom. The summed E-state index contributed by atoms with van der Waals surface area (Å²) in [5.74, 6) is -0.888. The minimum atomic E-state index is -0.780. The van der Waals surface area contributed by atoms with Crippen LogP contribution in [0.2, 0.25) is 0 Å². The van der Waals surface area contributed by atoms with Crippen LogP contribution in [0.1, 0.15) is 303 Å². The number of hydrogen-bond acceptors (Lipinski definition) is 6. The number of unbranched alkanes of at least 4 members (excludes halogenated alkanes) is 34. The van der Waals surface area contributed by atoms with Gasteiger partial charge in [-0.05, 0) is 83.5 Å². The first-order valence-electron chi connectivity index (χ1n) is 29.1. The van der Waals surface area contributed by atoms with E-state index in [0.29, 0.717) is 19.3 Å². The average molecular weight is 940 g/mol. The van der Waals surface area contributed by atoms with Crippen molar-refractivity contribution in [2.45, 2.75) is 309 Å². The largest absolute Gasteiger partial charge is 0.462 e. The van der Waals surface area contributed by atoms with Crippen molar-refractivity contribution >= 4 is 17.9 Å². The zero-order valence-electron chi connectivity index (χ0n) is 44.7. The molecule has 0 N–H and O–H groups in total. The molecule has 0 aliphatic carbocycles. The monoisotopic (exact) mass is 939 g/mol. The Labute approximate surface area is 416 Å². The van der Waals surface area contributed by atoms with Gasteiger partial charge in [0, 0.05) is 19.3 Å². The van der Waals surface area contributed by atoms with Crippen LogP contribution in [0.25, 0.3) is 0 Å². The summed E-state index contributed by atoms with van der Waals surface area (Å²) in [6.45, 7) is 6.61. The van der Waals surface area contributed by atoms with E-state index in [1.54, 1.807) is 0 Å². The Morgan fingerprint density at radius 2 is 0.537 bits per heavy atom. The van der Waals surface area contributed by atoms with Gasteiger partial charge in [-0.25, -0.2) is 0 Å². The SMILES string of the molecule is CCCCC/C=C\C/C=C\C/C=C\CCCCCCC(=O)OC[C@H](COC(=O)CCCCCCCCCCCCC)OC(=O)CCCCCCCCCCCCC/C=C\CCCCCCCC. The van der Waals surface area contributed by atoms with E-state index in [4.69, 9.17) is 14.2 Å². The van der Waals surface area contributed by atoms with Crippen LogP contribution in [0.5, 0.6) is 0 Å². The van der Waals surface area contributed by atoms with Crippen molar-refractivity contribution in [3.05, 3.63) is 48.6 Å². The van der Waals surface area contributed by atoms with Gasteiger partial charge in [-0.2, -0.15) is 0 Å². The van der Waals surface area contributed by atoms with Crippen molar-refractivity contribution in [1.82, 2.24) is 0 Å². The van der Waals surface area contributed by atoms with Crippen LogP contribution in [0.3, 0.4) is 0 Å². The molecule has 0 aliphatic rings. The summed E-state index contributed by atoms with van der Waals surface area (Å²) in [6, 6.07) is 0. The lowest BCUT2D eigenvalue weighted by molar-refractivity contribution is -0.167. The van der Waals surface area contributed by atoms with Crippen LogP contribution in [-0.2, 0) is 28.6 Å². The molecule has 0 heterocycles. The van der Waals surface area contributed by atoms with Crippen LogP contribution in [-0.4, -0.2) is 37.2 Å². The number of hydrogen-bond donors (Lipinski definition) is 0. The highest BCUT2D eigenvalue weighted by atomic mass is 16.6. The normalized spacial score (nSPS) is 12.3. The van der Waals surface area contributed by atoms with Gasteiger partial charge in [0.15, 0.2) is 6.10 Å². The van der Waals surface area contributed by atoms with E-state index in [9.17, 15) is 14.4 Å².